The van der Waals surface area contributed by atoms with Crippen molar-refractivity contribution in [1.82, 2.24) is 4.90 Å². The summed E-state index contributed by atoms with van der Waals surface area (Å²) in [6, 6.07) is 16.2. The number of halogens is 1. The number of benzene rings is 2. The fourth-order valence-electron chi connectivity index (χ4n) is 3.20. The second kappa shape index (κ2) is 7.58. The third-order valence-electron chi connectivity index (χ3n) is 4.46. The quantitative estimate of drug-likeness (QED) is 0.802. The average Bonchev–Trinajstić information content (AvgIpc) is 3.08. The average molecular weight is 414 g/mol. The van der Waals surface area contributed by atoms with Gasteiger partial charge < -0.3 is 15.3 Å². The molecule has 132 valence electrons. The van der Waals surface area contributed by atoms with Crippen LogP contribution in [-0.4, -0.2) is 35.1 Å². The molecule has 1 saturated heterocycles. The monoisotopic (exact) mass is 413 g/mol. The lowest BCUT2D eigenvalue weighted by Gasteiger charge is -2.18. The Balaban J connectivity index is 1.85. The van der Waals surface area contributed by atoms with Crippen molar-refractivity contribution < 1.29 is 14.7 Å². The molecule has 2 aromatic carbocycles. The van der Waals surface area contributed by atoms with E-state index in [4.69, 9.17) is 5.26 Å². The Labute approximate surface area is 159 Å². The molecule has 2 N–H and O–H groups in total. The van der Waals surface area contributed by atoms with E-state index in [1.54, 1.807) is 24.3 Å². The minimum Gasteiger partial charge on any atom is -0.465 e. The second-order valence-electron chi connectivity index (χ2n) is 6.14. The minimum absolute atomic E-state index is 0.135. The highest BCUT2D eigenvalue weighted by Gasteiger charge is 2.40. The molecule has 2 unspecified atom stereocenters. The summed E-state index contributed by atoms with van der Waals surface area (Å²) in [5.74, 6) is -0.997. The molecular formula is C19H16BrN3O3. The van der Waals surface area contributed by atoms with Gasteiger partial charge in [-0.1, -0.05) is 34.1 Å². The van der Waals surface area contributed by atoms with Crippen molar-refractivity contribution >= 4 is 33.6 Å². The van der Waals surface area contributed by atoms with Crippen LogP contribution in [0, 0.1) is 17.2 Å². The van der Waals surface area contributed by atoms with E-state index in [0.29, 0.717) is 11.3 Å². The van der Waals surface area contributed by atoms with Crippen LogP contribution in [0.4, 0.5) is 10.5 Å². The molecule has 2 amide bonds. The Morgan fingerprint density at radius 3 is 2.65 bits per heavy atom. The lowest BCUT2D eigenvalue weighted by atomic mass is 9.88. The fraction of sp³-hybridized carbons (Fsp3) is 0.211. The van der Waals surface area contributed by atoms with Crippen LogP contribution in [0.2, 0.25) is 0 Å². The molecule has 1 heterocycles. The van der Waals surface area contributed by atoms with Crippen LogP contribution in [0.1, 0.15) is 17.0 Å². The number of hydrogen-bond donors (Lipinski definition) is 2. The smallest absolute Gasteiger partial charge is 0.407 e. The first-order chi connectivity index (χ1) is 12.5. The van der Waals surface area contributed by atoms with Gasteiger partial charge in [-0.05, 0) is 35.9 Å². The Morgan fingerprint density at radius 1 is 1.19 bits per heavy atom. The van der Waals surface area contributed by atoms with Gasteiger partial charge in [-0.25, -0.2) is 4.79 Å². The number of likely N-dealkylation sites (tertiary alicyclic amines) is 1. The number of carbonyl (C=O) groups excluding carboxylic acids is 1. The van der Waals surface area contributed by atoms with Gasteiger partial charge in [-0.15, -0.1) is 0 Å². The van der Waals surface area contributed by atoms with Gasteiger partial charge in [-0.2, -0.15) is 5.26 Å². The minimum atomic E-state index is -1.04. The second-order valence-corrected chi connectivity index (χ2v) is 7.05. The first-order valence-electron chi connectivity index (χ1n) is 8.02. The van der Waals surface area contributed by atoms with E-state index in [-0.39, 0.29) is 24.9 Å². The molecule has 0 spiro atoms. The number of carbonyl (C=O) groups is 2. The van der Waals surface area contributed by atoms with Crippen LogP contribution in [0.15, 0.2) is 53.0 Å². The largest absolute Gasteiger partial charge is 0.465 e. The maximum absolute atomic E-state index is 12.8. The molecule has 3 rings (SSSR count). The molecule has 0 bridgehead atoms. The van der Waals surface area contributed by atoms with E-state index in [1.165, 1.54) is 4.90 Å². The molecule has 0 aromatic heterocycles. The Kier molecular flexibility index (Phi) is 5.24. The lowest BCUT2D eigenvalue weighted by Crippen LogP contribution is -2.30. The maximum atomic E-state index is 12.8. The van der Waals surface area contributed by atoms with Gasteiger partial charge in [0.25, 0.3) is 0 Å². The standard InChI is InChI=1S/C19H16BrN3O3/c20-14-5-2-4-13(8-14)16-10-23(19(25)26)11-17(16)18(24)22-15-6-1-3-12(7-15)9-21/h1-8,16-17H,10-11H2,(H,22,24)(H,25,26). The highest BCUT2D eigenvalue weighted by molar-refractivity contribution is 9.10. The van der Waals surface area contributed by atoms with Crippen LogP contribution in [0.3, 0.4) is 0 Å². The zero-order valence-electron chi connectivity index (χ0n) is 13.7. The molecule has 2 aromatic rings. The molecule has 0 saturated carbocycles. The molecule has 26 heavy (non-hydrogen) atoms. The van der Waals surface area contributed by atoms with E-state index < -0.39 is 12.0 Å². The van der Waals surface area contributed by atoms with Gasteiger partial charge in [0.1, 0.15) is 0 Å². The fourth-order valence-corrected chi connectivity index (χ4v) is 3.62. The number of nitrogens with one attached hydrogen (secondary N) is 1. The maximum Gasteiger partial charge on any atom is 0.407 e. The predicted molar refractivity (Wildman–Crippen MR) is 99.8 cm³/mol. The topological polar surface area (TPSA) is 93.4 Å². The van der Waals surface area contributed by atoms with Crippen molar-refractivity contribution in [2.45, 2.75) is 5.92 Å². The van der Waals surface area contributed by atoms with Gasteiger partial charge in [0.05, 0.1) is 17.6 Å². The molecule has 6 nitrogen and oxygen atoms in total. The first kappa shape index (κ1) is 18.0. The van der Waals surface area contributed by atoms with Crippen molar-refractivity contribution in [1.29, 1.82) is 5.26 Å². The summed E-state index contributed by atoms with van der Waals surface area (Å²) in [6.45, 7) is 0.401. The highest BCUT2D eigenvalue weighted by atomic mass is 79.9. The van der Waals surface area contributed by atoms with E-state index in [1.807, 2.05) is 30.3 Å². The van der Waals surface area contributed by atoms with E-state index in [0.717, 1.165) is 10.0 Å². The van der Waals surface area contributed by atoms with Gasteiger partial charge >= 0.3 is 6.09 Å². The number of nitrogens with zero attached hydrogens (tertiary/aromatic N) is 2. The number of amides is 2. The number of anilines is 1. The van der Waals surface area contributed by atoms with Gasteiger partial charge in [0.15, 0.2) is 0 Å². The Hall–Kier alpha value is -2.85. The highest BCUT2D eigenvalue weighted by Crippen LogP contribution is 2.34. The first-order valence-corrected chi connectivity index (χ1v) is 8.81. The number of rotatable bonds is 3. The molecule has 7 heteroatoms. The van der Waals surface area contributed by atoms with Crippen LogP contribution >= 0.6 is 15.9 Å². The summed E-state index contributed by atoms with van der Waals surface area (Å²) in [4.78, 5) is 25.5. The number of carboxylic acid groups (broad SMARTS) is 1. The predicted octanol–water partition coefficient (Wildman–Crippen LogP) is 3.65. The van der Waals surface area contributed by atoms with Crippen LogP contribution in [-0.2, 0) is 4.79 Å². The molecule has 2 atom stereocenters. The number of nitriles is 1. The SMILES string of the molecule is N#Cc1cccc(NC(=O)C2CN(C(=O)O)CC2c2cccc(Br)c2)c1. The van der Waals surface area contributed by atoms with Crippen molar-refractivity contribution in [3.8, 4) is 6.07 Å². The van der Waals surface area contributed by atoms with E-state index in [2.05, 4.69) is 21.2 Å². The molecule has 0 radical (unpaired) electrons. The van der Waals surface area contributed by atoms with Crippen molar-refractivity contribution in [2.24, 2.45) is 5.92 Å². The van der Waals surface area contributed by atoms with Crippen LogP contribution in [0.25, 0.3) is 0 Å². The van der Waals surface area contributed by atoms with Crippen molar-refractivity contribution in [3.63, 3.8) is 0 Å². The van der Waals surface area contributed by atoms with Crippen molar-refractivity contribution in [3.05, 3.63) is 64.1 Å². The summed E-state index contributed by atoms with van der Waals surface area (Å²) in [6.07, 6.45) is -1.04. The molecular weight excluding hydrogens is 398 g/mol. The van der Waals surface area contributed by atoms with Crippen LogP contribution < -0.4 is 5.32 Å². The Morgan fingerprint density at radius 2 is 1.96 bits per heavy atom. The van der Waals surface area contributed by atoms with Gasteiger partial charge in [0, 0.05) is 29.2 Å². The third-order valence-corrected chi connectivity index (χ3v) is 4.96. The van der Waals surface area contributed by atoms with Gasteiger partial charge in [-0.3, -0.25) is 4.79 Å². The summed E-state index contributed by atoms with van der Waals surface area (Å²) < 4.78 is 0.879. The summed E-state index contributed by atoms with van der Waals surface area (Å²) in [5.41, 5.74) is 1.88. The Bertz CT molecular complexity index is 894. The molecule has 0 aliphatic carbocycles. The van der Waals surface area contributed by atoms with Gasteiger partial charge in [0.2, 0.25) is 5.91 Å². The third kappa shape index (κ3) is 3.86. The molecule has 1 aliphatic heterocycles. The zero-order valence-corrected chi connectivity index (χ0v) is 15.3. The van der Waals surface area contributed by atoms with E-state index in [9.17, 15) is 14.7 Å². The summed E-state index contributed by atoms with van der Waals surface area (Å²) in [5, 5.41) is 21.1. The summed E-state index contributed by atoms with van der Waals surface area (Å²) in [7, 11) is 0. The molecule has 1 fully saturated rings. The van der Waals surface area contributed by atoms with Crippen LogP contribution in [0.5, 0.6) is 0 Å². The summed E-state index contributed by atoms with van der Waals surface area (Å²) >= 11 is 3.42. The lowest BCUT2D eigenvalue weighted by molar-refractivity contribution is -0.119. The van der Waals surface area contributed by atoms with Crippen molar-refractivity contribution in [2.75, 3.05) is 18.4 Å². The van der Waals surface area contributed by atoms with E-state index >= 15 is 0 Å². The normalized spacial score (nSPS) is 19.0. The molecule has 1 aliphatic rings. The number of hydrogen-bond acceptors (Lipinski definition) is 3. The zero-order chi connectivity index (χ0) is 18.7.